The van der Waals surface area contributed by atoms with Gasteiger partial charge in [0.25, 0.3) is 0 Å². The summed E-state index contributed by atoms with van der Waals surface area (Å²) in [5, 5.41) is 2.99. The number of rotatable bonds is 6. The van der Waals surface area contributed by atoms with Gasteiger partial charge in [0.1, 0.15) is 5.25 Å². The van der Waals surface area contributed by atoms with Gasteiger partial charge in [-0.3, -0.25) is 14.5 Å². The molecule has 1 aliphatic rings. The summed E-state index contributed by atoms with van der Waals surface area (Å²) >= 11 is 1.34. The minimum atomic E-state index is -0.497. The van der Waals surface area contributed by atoms with E-state index in [4.69, 9.17) is 4.99 Å². The fourth-order valence-electron chi connectivity index (χ4n) is 3.07. The lowest BCUT2D eigenvalue weighted by Gasteiger charge is -2.14. The average Bonchev–Trinajstić information content (AvgIpc) is 2.94. The molecule has 1 heterocycles. The Morgan fingerprint density at radius 1 is 1.21 bits per heavy atom. The molecule has 1 saturated heterocycles. The SMILES string of the molecule is C=CCN1C(=O)C(CC(=O)Nc2cccc(C)c2)SC1=Nc1cc(C)ccc1C. The molecule has 1 aliphatic heterocycles. The number of hydrogen-bond acceptors (Lipinski definition) is 4. The molecule has 2 amide bonds. The van der Waals surface area contributed by atoms with Crippen LogP contribution in [0.5, 0.6) is 0 Å². The number of anilines is 1. The first-order valence-electron chi connectivity index (χ1n) is 9.49. The van der Waals surface area contributed by atoms with Crippen molar-refractivity contribution in [3.8, 4) is 0 Å². The van der Waals surface area contributed by atoms with E-state index in [2.05, 4.69) is 11.9 Å². The van der Waals surface area contributed by atoms with E-state index in [9.17, 15) is 9.59 Å². The van der Waals surface area contributed by atoms with Crippen molar-refractivity contribution in [1.82, 2.24) is 4.90 Å². The Balaban J connectivity index is 1.78. The maximum Gasteiger partial charge on any atom is 0.242 e. The minimum absolute atomic E-state index is 0.0942. The molecule has 150 valence electrons. The van der Waals surface area contributed by atoms with Gasteiger partial charge in [-0.15, -0.1) is 6.58 Å². The molecule has 0 aliphatic carbocycles. The Hall–Kier alpha value is -2.86. The lowest BCUT2D eigenvalue weighted by atomic mass is 10.1. The summed E-state index contributed by atoms with van der Waals surface area (Å²) in [5.74, 6) is -0.300. The van der Waals surface area contributed by atoms with E-state index in [-0.39, 0.29) is 18.2 Å². The summed E-state index contributed by atoms with van der Waals surface area (Å²) < 4.78 is 0. The third-order valence-electron chi connectivity index (χ3n) is 4.59. The summed E-state index contributed by atoms with van der Waals surface area (Å²) in [4.78, 5) is 31.7. The van der Waals surface area contributed by atoms with Crippen LogP contribution in [-0.4, -0.2) is 33.7 Å². The maximum absolute atomic E-state index is 12.9. The highest BCUT2D eigenvalue weighted by atomic mass is 32.2. The molecular formula is C23H25N3O2S. The average molecular weight is 408 g/mol. The van der Waals surface area contributed by atoms with E-state index in [1.807, 2.05) is 63.2 Å². The second kappa shape index (κ2) is 9.09. The highest BCUT2D eigenvalue weighted by Crippen LogP contribution is 2.33. The highest BCUT2D eigenvalue weighted by molar-refractivity contribution is 8.15. The van der Waals surface area contributed by atoms with Crippen LogP contribution >= 0.6 is 11.8 Å². The predicted octanol–water partition coefficient (Wildman–Crippen LogP) is 4.76. The van der Waals surface area contributed by atoms with Crippen molar-refractivity contribution >= 4 is 40.1 Å². The Bertz CT molecular complexity index is 984. The van der Waals surface area contributed by atoms with Crippen LogP contribution in [0.25, 0.3) is 0 Å². The Morgan fingerprint density at radius 3 is 2.69 bits per heavy atom. The summed E-state index contributed by atoms with van der Waals surface area (Å²) in [6.45, 7) is 10.1. The largest absolute Gasteiger partial charge is 0.326 e. The molecule has 1 atom stereocenters. The van der Waals surface area contributed by atoms with Crippen LogP contribution in [0.2, 0.25) is 0 Å². The molecule has 3 rings (SSSR count). The zero-order chi connectivity index (χ0) is 21.0. The normalized spacial score (nSPS) is 17.6. The number of hydrogen-bond donors (Lipinski definition) is 1. The smallest absolute Gasteiger partial charge is 0.242 e. The van der Waals surface area contributed by atoms with Gasteiger partial charge in [-0.1, -0.05) is 42.1 Å². The van der Waals surface area contributed by atoms with E-state index >= 15 is 0 Å². The van der Waals surface area contributed by atoms with Crippen LogP contribution in [0, 0.1) is 20.8 Å². The van der Waals surface area contributed by atoms with Gasteiger partial charge in [0.05, 0.1) is 5.69 Å². The van der Waals surface area contributed by atoms with Crippen molar-refractivity contribution in [3.05, 3.63) is 71.8 Å². The van der Waals surface area contributed by atoms with Gasteiger partial charge < -0.3 is 5.32 Å². The zero-order valence-electron chi connectivity index (χ0n) is 16.9. The number of amidine groups is 1. The quantitative estimate of drug-likeness (QED) is 0.703. The Kier molecular flexibility index (Phi) is 6.54. The summed E-state index contributed by atoms with van der Waals surface area (Å²) in [6.07, 6.45) is 1.77. The number of thioether (sulfide) groups is 1. The topological polar surface area (TPSA) is 61.8 Å². The van der Waals surface area contributed by atoms with Crippen LogP contribution in [0.15, 0.2) is 60.1 Å². The van der Waals surface area contributed by atoms with Crippen LogP contribution in [0.1, 0.15) is 23.1 Å². The van der Waals surface area contributed by atoms with E-state index in [0.717, 1.165) is 28.1 Å². The van der Waals surface area contributed by atoms with Crippen molar-refractivity contribution in [2.45, 2.75) is 32.4 Å². The summed E-state index contributed by atoms with van der Waals surface area (Å²) in [5.41, 5.74) is 4.77. The van der Waals surface area contributed by atoms with Gasteiger partial charge in [-0.05, 0) is 55.7 Å². The van der Waals surface area contributed by atoms with Crippen LogP contribution in [-0.2, 0) is 9.59 Å². The lowest BCUT2D eigenvalue weighted by Crippen LogP contribution is -2.33. The Labute approximate surface area is 175 Å². The predicted molar refractivity (Wildman–Crippen MR) is 121 cm³/mol. The van der Waals surface area contributed by atoms with Crippen LogP contribution in [0.3, 0.4) is 0 Å². The number of carbonyl (C=O) groups excluding carboxylic acids is 2. The number of aryl methyl sites for hydroxylation is 3. The summed E-state index contributed by atoms with van der Waals surface area (Å²) in [7, 11) is 0. The molecule has 0 aromatic heterocycles. The fourth-order valence-corrected chi connectivity index (χ4v) is 4.23. The van der Waals surface area contributed by atoms with Gasteiger partial charge in [0.15, 0.2) is 5.17 Å². The molecule has 1 unspecified atom stereocenters. The molecular weight excluding hydrogens is 382 g/mol. The van der Waals surface area contributed by atoms with E-state index in [1.54, 1.807) is 11.0 Å². The molecule has 2 aromatic carbocycles. The number of amides is 2. The number of nitrogens with one attached hydrogen (secondary N) is 1. The number of benzene rings is 2. The molecule has 1 N–H and O–H groups in total. The van der Waals surface area contributed by atoms with Crippen molar-refractivity contribution in [3.63, 3.8) is 0 Å². The highest BCUT2D eigenvalue weighted by Gasteiger charge is 2.38. The first-order chi connectivity index (χ1) is 13.9. The van der Waals surface area contributed by atoms with Crippen LogP contribution < -0.4 is 5.32 Å². The molecule has 0 radical (unpaired) electrons. The minimum Gasteiger partial charge on any atom is -0.326 e. The molecule has 0 spiro atoms. The molecule has 0 saturated carbocycles. The summed E-state index contributed by atoms with van der Waals surface area (Å²) in [6, 6.07) is 13.6. The fraction of sp³-hybridized carbons (Fsp3) is 0.261. The van der Waals surface area contributed by atoms with Gasteiger partial charge in [-0.2, -0.15) is 0 Å². The van der Waals surface area contributed by atoms with Crippen molar-refractivity contribution < 1.29 is 9.59 Å². The van der Waals surface area contributed by atoms with E-state index < -0.39 is 5.25 Å². The van der Waals surface area contributed by atoms with E-state index in [1.165, 1.54) is 11.8 Å². The second-order valence-electron chi connectivity index (χ2n) is 7.15. The first-order valence-corrected chi connectivity index (χ1v) is 10.4. The first kappa shape index (κ1) is 20.9. The molecule has 6 heteroatoms. The third kappa shape index (κ3) is 5.15. The lowest BCUT2D eigenvalue weighted by molar-refractivity contribution is -0.127. The number of aliphatic imine (C=N–C) groups is 1. The standard InChI is InChI=1S/C23H25N3O2S/c1-5-11-26-22(28)20(14-21(27)24-18-8-6-7-15(2)12-18)29-23(26)25-19-13-16(3)9-10-17(19)4/h5-10,12-13,20H,1,11,14H2,2-4H3,(H,24,27). The van der Waals surface area contributed by atoms with Gasteiger partial charge in [-0.25, -0.2) is 4.99 Å². The second-order valence-corrected chi connectivity index (χ2v) is 8.32. The Morgan fingerprint density at radius 2 is 1.97 bits per heavy atom. The van der Waals surface area contributed by atoms with Crippen molar-refractivity contribution in [1.29, 1.82) is 0 Å². The molecule has 1 fully saturated rings. The monoisotopic (exact) mass is 407 g/mol. The third-order valence-corrected chi connectivity index (χ3v) is 5.76. The van der Waals surface area contributed by atoms with Gasteiger partial charge in [0.2, 0.25) is 11.8 Å². The van der Waals surface area contributed by atoms with E-state index in [0.29, 0.717) is 11.7 Å². The number of carbonyl (C=O) groups is 2. The molecule has 0 bridgehead atoms. The van der Waals surface area contributed by atoms with Gasteiger partial charge >= 0.3 is 0 Å². The van der Waals surface area contributed by atoms with Gasteiger partial charge in [0, 0.05) is 18.7 Å². The molecule has 5 nitrogen and oxygen atoms in total. The van der Waals surface area contributed by atoms with Crippen molar-refractivity contribution in [2.75, 3.05) is 11.9 Å². The zero-order valence-corrected chi connectivity index (χ0v) is 17.8. The van der Waals surface area contributed by atoms with Crippen LogP contribution in [0.4, 0.5) is 11.4 Å². The van der Waals surface area contributed by atoms with Crippen molar-refractivity contribution in [2.24, 2.45) is 4.99 Å². The maximum atomic E-state index is 12.9. The molecule has 29 heavy (non-hydrogen) atoms. The number of nitrogens with zero attached hydrogens (tertiary/aromatic N) is 2. The molecule has 2 aromatic rings.